The molecule has 0 spiro atoms. The molecule has 0 fully saturated rings. The summed E-state index contributed by atoms with van der Waals surface area (Å²) in [6.07, 6.45) is 1.86. The average Bonchev–Trinajstić information content (AvgIpc) is 2.69. The molecular formula is C11H11BrN4OS. The van der Waals surface area contributed by atoms with Crippen molar-refractivity contribution in [3.8, 4) is 0 Å². The highest BCUT2D eigenvalue weighted by Gasteiger charge is 2.08. The van der Waals surface area contributed by atoms with Crippen LogP contribution in [0.1, 0.15) is 11.3 Å². The number of thiazole rings is 1. The summed E-state index contributed by atoms with van der Waals surface area (Å²) in [6, 6.07) is 1.80. The molecule has 0 bridgehead atoms. The highest BCUT2D eigenvalue weighted by Crippen LogP contribution is 2.17. The van der Waals surface area contributed by atoms with Gasteiger partial charge < -0.3 is 11.1 Å². The minimum Gasteiger partial charge on any atom is -0.375 e. The molecule has 2 heterocycles. The highest BCUT2D eigenvalue weighted by atomic mass is 79.9. The van der Waals surface area contributed by atoms with Crippen molar-refractivity contribution in [1.82, 2.24) is 9.97 Å². The van der Waals surface area contributed by atoms with E-state index >= 15 is 0 Å². The number of aryl methyl sites for hydroxylation is 1. The third kappa shape index (κ3) is 3.27. The van der Waals surface area contributed by atoms with Crippen LogP contribution in [0, 0.1) is 6.92 Å². The zero-order valence-corrected chi connectivity index (χ0v) is 12.0. The van der Waals surface area contributed by atoms with Crippen LogP contribution in [0.3, 0.4) is 0 Å². The molecule has 7 heteroatoms. The maximum absolute atomic E-state index is 11.7. The van der Waals surface area contributed by atoms with Gasteiger partial charge in [0.25, 0.3) is 0 Å². The van der Waals surface area contributed by atoms with Gasteiger partial charge in [0.15, 0.2) is 5.13 Å². The van der Waals surface area contributed by atoms with Gasteiger partial charge in [-0.25, -0.2) is 9.97 Å². The van der Waals surface area contributed by atoms with Crippen LogP contribution in [0.15, 0.2) is 22.1 Å². The molecule has 1 amide bonds. The molecule has 18 heavy (non-hydrogen) atoms. The molecule has 0 aromatic carbocycles. The van der Waals surface area contributed by atoms with Crippen LogP contribution in [0.4, 0.5) is 10.9 Å². The fraction of sp³-hybridized carbons (Fsp3) is 0.182. The molecule has 3 N–H and O–H groups in total. The monoisotopic (exact) mass is 326 g/mol. The summed E-state index contributed by atoms with van der Waals surface area (Å²) < 4.78 is 0.910. The van der Waals surface area contributed by atoms with Crippen molar-refractivity contribution < 1.29 is 4.79 Å². The Morgan fingerprint density at radius 2 is 2.39 bits per heavy atom. The number of carbonyl (C=O) groups is 1. The van der Waals surface area contributed by atoms with E-state index in [4.69, 9.17) is 5.73 Å². The van der Waals surface area contributed by atoms with Crippen molar-refractivity contribution in [1.29, 1.82) is 0 Å². The number of rotatable bonds is 3. The zero-order chi connectivity index (χ0) is 13.1. The van der Waals surface area contributed by atoms with Crippen molar-refractivity contribution in [2.24, 2.45) is 0 Å². The van der Waals surface area contributed by atoms with Crippen molar-refractivity contribution in [3.05, 3.63) is 33.4 Å². The zero-order valence-electron chi connectivity index (χ0n) is 9.61. The van der Waals surface area contributed by atoms with Crippen LogP contribution < -0.4 is 11.1 Å². The predicted octanol–water partition coefficient (Wildman–Crippen LogP) is 2.37. The number of pyridine rings is 1. The number of nitrogens with zero attached hydrogens (tertiary/aromatic N) is 2. The van der Waals surface area contributed by atoms with Gasteiger partial charge in [0, 0.05) is 16.0 Å². The normalized spacial score (nSPS) is 10.3. The first-order chi connectivity index (χ1) is 8.54. The first-order valence-electron chi connectivity index (χ1n) is 5.16. The van der Waals surface area contributed by atoms with Crippen LogP contribution >= 0.6 is 27.3 Å². The number of nitrogens with one attached hydrogen (secondary N) is 1. The van der Waals surface area contributed by atoms with E-state index in [2.05, 4.69) is 31.2 Å². The van der Waals surface area contributed by atoms with E-state index in [1.54, 1.807) is 17.6 Å². The largest absolute Gasteiger partial charge is 0.375 e. The van der Waals surface area contributed by atoms with E-state index in [-0.39, 0.29) is 12.3 Å². The fourth-order valence-electron chi connectivity index (χ4n) is 1.36. The van der Waals surface area contributed by atoms with Gasteiger partial charge in [-0.1, -0.05) is 0 Å². The standard InChI is InChI=1S/C11H11BrN4OS/c1-6-2-9(14-4-8(6)12)16-10(17)3-7-5-18-11(13)15-7/h2,4-5H,3H2,1H3,(H2,13,15)(H,14,16,17). The molecule has 94 valence electrons. The van der Waals surface area contributed by atoms with Gasteiger partial charge >= 0.3 is 0 Å². The number of aromatic nitrogens is 2. The Balaban J connectivity index is 2.00. The Labute approximate surface area is 117 Å². The molecule has 0 radical (unpaired) electrons. The van der Waals surface area contributed by atoms with Crippen LogP contribution in [0.5, 0.6) is 0 Å². The molecule has 0 saturated carbocycles. The summed E-state index contributed by atoms with van der Waals surface area (Å²) in [5.41, 5.74) is 7.18. The van der Waals surface area contributed by atoms with Crippen LogP contribution in [-0.2, 0) is 11.2 Å². The number of carbonyl (C=O) groups excluding carboxylic acids is 1. The van der Waals surface area contributed by atoms with Gasteiger partial charge in [-0.3, -0.25) is 4.79 Å². The molecular weight excluding hydrogens is 316 g/mol. The van der Waals surface area contributed by atoms with Gasteiger partial charge in [0.05, 0.1) is 12.1 Å². The molecule has 0 aliphatic carbocycles. The predicted molar refractivity (Wildman–Crippen MR) is 75.5 cm³/mol. The SMILES string of the molecule is Cc1cc(NC(=O)Cc2csc(N)n2)ncc1Br. The van der Waals surface area contributed by atoms with E-state index < -0.39 is 0 Å². The van der Waals surface area contributed by atoms with Crippen molar-refractivity contribution in [3.63, 3.8) is 0 Å². The third-order valence-corrected chi connectivity index (χ3v) is 3.78. The number of nitrogens with two attached hydrogens (primary N) is 1. The van der Waals surface area contributed by atoms with Gasteiger partial charge in [-0.15, -0.1) is 11.3 Å². The summed E-state index contributed by atoms with van der Waals surface area (Å²) in [5.74, 6) is 0.374. The van der Waals surface area contributed by atoms with E-state index in [0.717, 1.165) is 10.0 Å². The number of nitrogen functional groups attached to an aromatic ring is 1. The second kappa shape index (κ2) is 5.45. The van der Waals surface area contributed by atoms with E-state index in [0.29, 0.717) is 16.6 Å². The first-order valence-corrected chi connectivity index (χ1v) is 6.84. The Kier molecular flexibility index (Phi) is 3.93. The van der Waals surface area contributed by atoms with Crippen LogP contribution in [0.2, 0.25) is 0 Å². The second-order valence-corrected chi connectivity index (χ2v) is 5.46. The highest BCUT2D eigenvalue weighted by molar-refractivity contribution is 9.10. The topological polar surface area (TPSA) is 80.9 Å². The Bertz CT molecular complexity index is 584. The summed E-state index contributed by atoms with van der Waals surface area (Å²) >= 11 is 4.68. The summed E-state index contributed by atoms with van der Waals surface area (Å²) in [6.45, 7) is 1.93. The maximum Gasteiger partial charge on any atom is 0.231 e. The number of hydrogen-bond acceptors (Lipinski definition) is 5. The first kappa shape index (κ1) is 13.0. The molecule has 0 unspecified atom stereocenters. The van der Waals surface area contributed by atoms with Crippen molar-refractivity contribution in [2.75, 3.05) is 11.1 Å². The lowest BCUT2D eigenvalue weighted by Gasteiger charge is -2.05. The number of anilines is 2. The average molecular weight is 327 g/mol. The van der Waals surface area contributed by atoms with E-state index in [9.17, 15) is 4.79 Å². The smallest absolute Gasteiger partial charge is 0.231 e. The summed E-state index contributed by atoms with van der Waals surface area (Å²) in [7, 11) is 0. The second-order valence-electron chi connectivity index (χ2n) is 3.72. The van der Waals surface area contributed by atoms with Crippen molar-refractivity contribution >= 4 is 44.1 Å². The lowest BCUT2D eigenvalue weighted by atomic mass is 10.3. The van der Waals surface area contributed by atoms with E-state index in [1.807, 2.05) is 6.92 Å². The van der Waals surface area contributed by atoms with E-state index in [1.165, 1.54) is 11.3 Å². The third-order valence-electron chi connectivity index (χ3n) is 2.23. The number of hydrogen-bond donors (Lipinski definition) is 2. The van der Waals surface area contributed by atoms with Crippen LogP contribution in [0.25, 0.3) is 0 Å². The number of amides is 1. The Morgan fingerprint density at radius 3 is 3.00 bits per heavy atom. The molecule has 0 atom stereocenters. The molecule has 2 rings (SSSR count). The molecule has 0 aliphatic heterocycles. The fourth-order valence-corrected chi connectivity index (χ4v) is 2.14. The lowest BCUT2D eigenvalue weighted by molar-refractivity contribution is -0.115. The summed E-state index contributed by atoms with van der Waals surface area (Å²) in [4.78, 5) is 19.9. The maximum atomic E-state index is 11.7. The number of halogens is 1. The van der Waals surface area contributed by atoms with Crippen LogP contribution in [-0.4, -0.2) is 15.9 Å². The Morgan fingerprint density at radius 1 is 1.61 bits per heavy atom. The van der Waals surface area contributed by atoms with Gasteiger partial charge in [0.1, 0.15) is 5.82 Å². The van der Waals surface area contributed by atoms with Gasteiger partial charge in [0.2, 0.25) is 5.91 Å². The molecule has 0 aliphatic rings. The van der Waals surface area contributed by atoms with Crippen molar-refractivity contribution in [2.45, 2.75) is 13.3 Å². The molecule has 0 saturated heterocycles. The van der Waals surface area contributed by atoms with Gasteiger partial charge in [-0.05, 0) is 34.5 Å². The van der Waals surface area contributed by atoms with Gasteiger partial charge in [-0.2, -0.15) is 0 Å². The quantitative estimate of drug-likeness (QED) is 0.907. The molecule has 2 aromatic heterocycles. The molecule has 2 aromatic rings. The Hall–Kier alpha value is -1.47. The molecule has 5 nitrogen and oxygen atoms in total. The lowest BCUT2D eigenvalue weighted by Crippen LogP contribution is -2.15. The minimum absolute atomic E-state index is 0.158. The summed E-state index contributed by atoms with van der Waals surface area (Å²) in [5, 5.41) is 4.96. The minimum atomic E-state index is -0.158.